The van der Waals surface area contributed by atoms with Gasteiger partial charge in [0, 0.05) is 18.7 Å². The highest BCUT2D eigenvalue weighted by atomic mass is 19.1. The molecule has 0 bridgehead atoms. The van der Waals surface area contributed by atoms with E-state index in [1.165, 1.54) is 13.2 Å². The first-order valence-corrected chi connectivity index (χ1v) is 6.86. The molecule has 0 amide bonds. The van der Waals surface area contributed by atoms with E-state index in [0.717, 1.165) is 24.8 Å². The smallest absolute Gasteiger partial charge is 0.165 e. The lowest BCUT2D eigenvalue weighted by Crippen LogP contribution is -2.35. The monoisotopic (exact) mass is 267 g/mol. The Hall–Kier alpha value is -1.13. The third-order valence-corrected chi connectivity index (χ3v) is 4.03. The molecule has 0 aromatic heterocycles. The Bertz CT molecular complexity index is 425. The van der Waals surface area contributed by atoms with E-state index >= 15 is 0 Å². The molecule has 1 saturated carbocycles. The molecule has 1 aromatic carbocycles. The molecule has 1 aliphatic carbocycles. The highest BCUT2D eigenvalue weighted by Gasteiger charge is 2.27. The van der Waals surface area contributed by atoms with Gasteiger partial charge in [0.2, 0.25) is 0 Å². The molecule has 2 rings (SSSR count). The van der Waals surface area contributed by atoms with Gasteiger partial charge in [0.15, 0.2) is 11.6 Å². The van der Waals surface area contributed by atoms with Gasteiger partial charge in [0.25, 0.3) is 0 Å². The van der Waals surface area contributed by atoms with E-state index in [2.05, 4.69) is 5.32 Å². The van der Waals surface area contributed by atoms with Gasteiger partial charge < -0.3 is 15.2 Å². The SMILES string of the molecule is COc1ccc(C(C)NC2CCCC2CO)cc1F. The molecule has 3 atom stereocenters. The van der Waals surface area contributed by atoms with Gasteiger partial charge in [-0.15, -0.1) is 0 Å². The number of halogens is 1. The Labute approximate surface area is 113 Å². The molecule has 0 saturated heterocycles. The summed E-state index contributed by atoms with van der Waals surface area (Å²) in [7, 11) is 1.46. The summed E-state index contributed by atoms with van der Waals surface area (Å²) in [6, 6.07) is 5.44. The Morgan fingerprint density at radius 1 is 1.47 bits per heavy atom. The molecule has 106 valence electrons. The standard InChI is InChI=1S/C15H22FNO2/c1-10(17-14-5-3-4-12(14)9-18)11-6-7-15(19-2)13(16)8-11/h6-8,10,12,14,17-18H,3-5,9H2,1-2H3. The minimum absolute atomic E-state index is 0.0672. The summed E-state index contributed by atoms with van der Waals surface area (Å²) in [5, 5.41) is 12.8. The molecule has 1 fully saturated rings. The third kappa shape index (κ3) is 3.25. The van der Waals surface area contributed by atoms with Crippen molar-refractivity contribution in [3.05, 3.63) is 29.6 Å². The zero-order chi connectivity index (χ0) is 13.8. The van der Waals surface area contributed by atoms with Gasteiger partial charge in [0.05, 0.1) is 7.11 Å². The summed E-state index contributed by atoms with van der Waals surface area (Å²) < 4.78 is 18.6. The number of aliphatic hydroxyl groups is 1. The van der Waals surface area contributed by atoms with E-state index in [1.54, 1.807) is 6.07 Å². The Morgan fingerprint density at radius 2 is 2.26 bits per heavy atom. The van der Waals surface area contributed by atoms with Crippen LogP contribution in [0.2, 0.25) is 0 Å². The summed E-state index contributed by atoms with van der Waals surface area (Å²) in [5.41, 5.74) is 0.905. The number of benzene rings is 1. The molecule has 3 unspecified atom stereocenters. The molecule has 1 aromatic rings. The third-order valence-electron chi connectivity index (χ3n) is 4.03. The fourth-order valence-corrected chi connectivity index (χ4v) is 2.84. The Balaban J connectivity index is 2.03. The van der Waals surface area contributed by atoms with Crippen LogP contribution in [0.4, 0.5) is 4.39 Å². The van der Waals surface area contributed by atoms with Crippen molar-refractivity contribution in [1.29, 1.82) is 0 Å². The summed E-state index contributed by atoms with van der Waals surface area (Å²) in [6.07, 6.45) is 3.29. The average molecular weight is 267 g/mol. The Morgan fingerprint density at radius 3 is 2.89 bits per heavy atom. The van der Waals surface area contributed by atoms with E-state index in [9.17, 15) is 9.50 Å². The maximum atomic E-state index is 13.7. The van der Waals surface area contributed by atoms with E-state index < -0.39 is 0 Å². The van der Waals surface area contributed by atoms with Crippen LogP contribution in [0.1, 0.15) is 37.8 Å². The van der Waals surface area contributed by atoms with Crippen molar-refractivity contribution in [3.8, 4) is 5.75 Å². The largest absolute Gasteiger partial charge is 0.494 e. The summed E-state index contributed by atoms with van der Waals surface area (Å²) >= 11 is 0. The van der Waals surface area contributed by atoms with Gasteiger partial charge in [0.1, 0.15) is 0 Å². The number of hydrogen-bond donors (Lipinski definition) is 2. The fraction of sp³-hybridized carbons (Fsp3) is 0.600. The number of aliphatic hydroxyl groups excluding tert-OH is 1. The van der Waals surface area contributed by atoms with Crippen LogP contribution in [0.5, 0.6) is 5.75 Å². The van der Waals surface area contributed by atoms with Crippen LogP contribution in [-0.2, 0) is 0 Å². The number of hydrogen-bond acceptors (Lipinski definition) is 3. The van der Waals surface area contributed by atoms with Crippen molar-refractivity contribution in [2.24, 2.45) is 5.92 Å². The Kier molecular flexibility index (Phi) is 4.77. The second kappa shape index (κ2) is 6.35. The van der Waals surface area contributed by atoms with Gasteiger partial charge in [-0.05, 0) is 43.4 Å². The molecule has 0 heterocycles. The molecule has 1 aliphatic rings. The van der Waals surface area contributed by atoms with Gasteiger partial charge in [-0.3, -0.25) is 0 Å². The molecule has 0 aliphatic heterocycles. The van der Waals surface area contributed by atoms with Gasteiger partial charge in [-0.1, -0.05) is 12.5 Å². The molecule has 0 spiro atoms. The van der Waals surface area contributed by atoms with Crippen molar-refractivity contribution in [2.45, 2.75) is 38.3 Å². The highest BCUT2D eigenvalue weighted by Crippen LogP contribution is 2.28. The number of ether oxygens (including phenoxy) is 1. The van der Waals surface area contributed by atoms with Crippen LogP contribution in [0, 0.1) is 11.7 Å². The van der Waals surface area contributed by atoms with E-state index in [4.69, 9.17) is 4.74 Å². The minimum atomic E-state index is -0.334. The minimum Gasteiger partial charge on any atom is -0.494 e. The second-order valence-corrected chi connectivity index (χ2v) is 5.26. The lowest BCUT2D eigenvalue weighted by Gasteiger charge is -2.24. The number of rotatable bonds is 5. The van der Waals surface area contributed by atoms with Gasteiger partial charge in [-0.2, -0.15) is 0 Å². The normalized spacial score (nSPS) is 24.4. The van der Waals surface area contributed by atoms with Crippen LogP contribution in [0.15, 0.2) is 18.2 Å². The van der Waals surface area contributed by atoms with Crippen molar-refractivity contribution >= 4 is 0 Å². The van der Waals surface area contributed by atoms with Crippen molar-refractivity contribution in [2.75, 3.05) is 13.7 Å². The van der Waals surface area contributed by atoms with Crippen LogP contribution < -0.4 is 10.1 Å². The van der Waals surface area contributed by atoms with Crippen LogP contribution >= 0.6 is 0 Å². The highest BCUT2D eigenvalue weighted by molar-refractivity contribution is 5.30. The second-order valence-electron chi connectivity index (χ2n) is 5.26. The van der Waals surface area contributed by atoms with Crippen LogP contribution in [-0.4, -0.2) is 24.9 Å². The van der Waals surface area contributed by atoms with Crippen LogP contribution in [0.3, 0.4) is 0 Å². The van der Waals surface area contributed by atoms with Gasteiger partial charge >= 0.3 is 0 Å². The topological polar surface area (TPSA) is 41.5 Å². The molecule has 0 radical (unpaired) electrons. The van der Waals surface area contributed by atoms with E-state index in [0.29, 0.717) is 12.0 Å². The first-order chi connectivity index (χ1) is 9.15. The van der Waals surface area contributed by atoms with Crippen molar-refractivity contribution in [1.82, 2.24) is 5.32 Å². The predicted octanol–water partition coefficient (Wildman–Crippen LogP) is 2.65. The summed E-state index contributed by atoms with van der Waals surface area (Å²) in [5.74, 6) is 0.259. The van der Waals surface area contributed by atoms with E-state index in [1.807, 2.05) is 13.0 Å². The first kappa shape index (κ1) is 14.3. The fourth-order valence-electron chi connectivity index (χ4n) is 2.84. The summed E-state index contributed by atoms with van der Waals surface area (Å²) in [6.45, 7) is 2.25. The quantitative estimate of drug-likeness (QED) is 0.861. The van der Waals surface area contributed by atoms with Crippen molar-refractivity contribution in [3.63, 3.8) is 0 Å². The molecule has 3 nitrogen and oxygen atoms in total. The summed E-state index contributed by atoms with van der Waals surface area (Å²) in [4.78, 5) is 0. The maximum Gasteiger partial charge on any atom is 0.165 e. The van der Waals surface area contributed by atoms with Gasteiger partial charge in [-0.25, -0.2) is 4.39 Å². The zero-order valence-electron chi connectivity index (χ0n) is 11.5. The maximum absolute atomic E-state index is 13.7. The zero-order valence-corrected chi connectivity index (χ0v) is 11.5. The average Bonchev–Trinajstić information content (AvgIpc) is 2.85. The molecular formula is C15H22FNO2. The molecule has 19 heavy (non-hydrogen) atoms. The van der Waals surface area contributed by atoms with E-state index in [-0.39, 0.29) is 24.2 Å². The number of methoxy groups -OCH3 is 1. The predicted molar refractivity (Wildman–Crippen MR) is 72.7 cm³/mol. The molecule has 4 heteroatoms. The van der Waals surface area contributed by atoms with Crippen LogP contribution in [0.25, 0.3) is 0 Å². The molecule has 2 N–H and O–H groups in total. The lowest BCUT2D eigenvalue weighted by molar-refractivity contribution is 0.200. The lowest BCUT2D eigenvalue weighted by atomic mass is 10.0. The van der Waals surface area contributed by atoms with Crippen molar-refractivity contribution < 1.29 is 14.2 Å². The number of nitrogens with one attached hydrogen (secondary N) is 1. The molecular weight excluding hydrogens is 245 g/mol. The first-order valence-electron chi connectivity index (χ1n) is 6.86.